The molecule has 2 rings (SSSR count). The van der Waals surface area contributed by atoms with Gasteiger partial charge >= 0.3 is 6.18 Å². The van der Waals surface area contributed by atoms with Crippen molar-refractivity contribution in [1.29, 1.82) is 0 Å². The minimum Gasteiger partial charge on any atom is -0.242 e. The van der Waals surface area contributed by atoms with Crippen LogP contribution in [0.25, 0.3) is 11.3 Å². The fraction of sp³-hybridized carbons (Fsp3) is 0.0833. The molecule has 0 aliphatic rings. The number of hydrogen-bond acceptors (Lipinski definition) is 1. The van der Waals surface area contributed by atoms with Crippen LogP contribution in [0.2, 0.25) is 5.02 Å². The number of rotatable bonds is 1. The maximum atomic E-state index is 13.5. The summed E-state index contributed by atoms with van der Waals surface area (Å²) >= 11 is 5.76. The molecule has 0 bridgehead atoms. The molecule has 1 aromatic heterocycles. The lowest BCUT2D eigenvalue weighted by Crippen LogP contribution is -2.08. The van der Waals surface area contributed by atoms with E-state index in [-0.39, 0.29) is 16.3 Å². The van der Waals surface area contributed by atoms with E-state index in [2.05, 4.69) is 4.98 Å². The van der Waals surface area contributed by atoms with Crippen molar-refractivity contribution >= 4 is 11.6 Å². The van der Waals surface area contributed by atoms with Crippen LogP contribution >= 0.6 is 11.6 Å². The average molecular weight is 276 g/mol. The Morgan fingerprint density at radius 1 is 1.00 bits per heavy atom. The lowest BCUT2D eigenvalue weighted by Gasteiger charge is -2.10. The zero-order chi connectivity index (χ0) is 13.3. The Morgan fingerprint density at radius 2 is 1.67 bits per heavy atom. The summed E-state index contributed by atoms with van der Waals surface area (Å²) in [6, 6.07) is 7.19. The zero-order valence-electron chi connectivity index (χ0n) is 8.80. The van der Waals surface area contributed by atoms with Crippen molar-refractivity contribution in [1.82, 2.24) is 4.98 Å². The van der Waals surface area contributed by atoms with Gasteiger partial charge in [0, 0.05) is 5.56 Å². The first-order valence-corrected chi connectivity index (χ1v) is 5.26. The molecule has 2 aromatic rings. The Morgan fingerprint density at radius 3 is 2.28 bits per heavy atom. The smallest absolute Gasteiger partial charge is 0.242 e. The van der Waals surface area contributed by atoms with Gasteiger partial charge in [-0.1, -0.05) is 23.7 Å². The molecule has 0 saturated carbocycles. The summed E-state index contributed by atoms with van der Waals surface area (Å²) in [6.07, 6.45) is -4.59. The fourth-order valence-corrected chi connectivity index (χ4v) is 1.65. The van der Waals surface area contributed by atoms with E-state index in [0.29, 0.717) is 0 Å². The van der Waals surface area contributed by atoms with Crippen molar-refractivity contribution < 1.29 is 17.6 Å². The molecule has 0 aliphatic heterocycles. The van der Waals surface area contributed by atoms with Crippen molar-refractivity contribution in [2.45, 2.75) is 6.18 Å². The second kappa shape index (κ2) is 4.57. The van der Waals surface area contributed by atoms with Crippen LogP contribution in [0, 0.1) is 5.82 Å². The van der Waals surface area contributed by atoms with Gasteiger partial charge in [-0.05, 0) is 24.3 Å². The molecule has 0 atom stereocenters. The third-order valence-electron chi connectivity index (χ3n) is 2.27. The molecule has 0 spiro atoms. The molecule has 0 unspecified atom stereocenters. The Labute approximate surface area is 105 Å². The summed E-state index contributed by atoms with van der Waals surface area (Å²) in [7, 11) is 0. The van der Waals surface area contributed by atoms with Gasteiger partial charge in [0.15, 0.2) is 0 Å². The maximum absolute atomic E-state index is 13.5. The first-order chi connectivity index (χ1) is 8.39. The molecule has 1 heterocycles. The Hall–Kier alpha value is -1.62. The highest BCUT2D eigenvalue weighted by atomic mass is 35.5. The van der Waals surface area contributed by atoms with Crippen molar-refractivity contribution in [3.63, 3.8) is 0 Å². The van der Waals surface area contributed by atoms with E-state index in [0.717, 1.165) is 18.2 Å². The second-order valence-corrected chi connectivity index (χ2v) is 3.91. The van der Waals surface area contributed by atoms with Gasteiger partial charge < -0.3 is 0 Å². The molecule has 6 heteroatoms. The first kappa shape index (κ1) is 12.8. The van der Waals surface area contributed by atoms with Crippen molar-refractivity contribution in [2.24, 2.45) is 0 Å². The molecular weight excluding hydrogens is 270 g/mol. The highest BCUT2D eigenvalue weighted by Crippen LogP contribution is 2.33. The van der Waals surface area contributed by atoms with Crippen LogP contribution in [0.1, 0.15) is 5.69 Å². The Kier molecular flexibility index (Phi) is 3.26. The van der Waals surface area contributed by atoms with E-state index >= 15 is 0 Å². The fourth-order valence-electron chi connectivity index (χ4n) is 1.44. The van der Waals surface area contributed by atoms with Crippen LogP contribution in [0.5, 0.6) is 0 Å². The normalized spacial score (nSPS) is 11.6. The van der Waals surface area contributed by atoms with E-state index < -0.39 is 17.7 Å². The van der Waals surface area contributed by atoms with Crippen LogP contribution in [-0.4, -0.2) is 4.98 Å². The summed E-state index contributed by atoms with van der Waals surface area (Å²) in [4.78, 5) is 3.38. The quantitative estimate of drug-likeness (QED) is 0.695. The van der Waals surface area contributed by atoms with Crippen molar-refractivity contribution in [3.05, 3.63) is 52.9 Å². The molecule has 1 aromatic carbocycles. The molecule has 0 N–H and O–H groups in total. The summed E-state index contributed by atoms with van der Waals surface area (Å²) in [5.41, 5.74) is -1.39. The Bertz CT molecular complexity index is 581. The maximum Gasteiger partial charge on any atom is 0.433 e. The third kappa shape index (κ3) is 2.46. The van der Waals surface area contributed by atoms with Gasteiger partial charge in [-0.3, -0.25) is 0 Å². The molecule has 0 saturated heterocycles. The summed E-state index contributed by atoms with van der Waals surface area (Å²) < 4.78 is 51.1. The van der Waals surface area contributed by atoms with Gasteiger partial charge in [0.25, 0.3) is 0 Å². The summed E-state index contributed by atoms with van der Waals surface area (Å²) in [5.74, 6) is -0.675. The summed E-state index contributed by atoms with van der Waals surface area (Å²) in [5, 5.41) is -0.0342. The highest BCUT2D eigenvalue weighted by Gasteiger charge is 2.33. The lowest BCUT2D eigenvalue weighted by molar-refractivity contribution is -0.141. The molecule has 0 amide bonds. The predicted octanol–water partition coefficient (Wildman–Crippen LogP) is 4.56. The van der Waals surface area contributed by atoms with E-state index in [1.807, 2.05) is 0 Å². The van der Waals surface area contributed by atoms with Crippen LogP contribution < -0.4 is 0 Å². The minimum absolute atomic E-state index is 0.0342. The number of pyridine rings is 1. The lowest BCUT2D eigenvalue weighted by atomic mass is 10.1. The topological polar surface area (TPSA) is 12.9 Å². The zero-order valence-corrected chi connectivity index (χ0v) is 9.56. The molecule has 94 valence electrons. The monoisotopic (exact) mass is 275 g/mol. The average Bonchev–Trinajstić information content (AvgIpc) is 2.29. The van der Waals surface area contributed by atoms with Gasteiger partial charge in [0.05, 0.1) is 10.7 Å². The van der Waals surface area contributed by atoms with Gasteiger partial charge in [0.2, 0.25) is 0 Å². The number of alkyl halides is 3. The molecule has 18 heavy (non-hydrogen) atoms. The number of aromatic nitrogens is 1. The standard InChI is InChI=1S/C12H6ClF4N/c13-8-5-6-10(12(15,16)17)18-11(8)7-3-1-2-4-9(7)14/h1-6H. The SMILES string of the molecule is Fc1ccccc1-c1nc(C(F)(F)F)ccc1Cl. The van der Waals surface area contributed by atoms with Crippen LogP contribution in [0.15, 0.2) is 36.4 Å². The van der Waals surface area contributed by atoms with Crippen molar-refractivity contribution in [3.8, 4) is 11.3 Å². The van der Waals surface area contributed by atoms with E-state index in [9.17, 15) is 17.6 Å². The number of nitrogens with zero attached hydrogens (tertiary/aromatic N) is 1. The van der Waals surface area contributed by atoms with Crippen LogP contribution in [-0.2, 0) is 6.18 Å². The Balaban J connectivity index is 2.61. The van der Waals surface area contributed by atoms with E-state index in [1.54, 1.807) is 0 Å². The molecule has 1 nitrogen and oxygen atoms in total. The van der Waals surface area contributed by atoms with Gasteiger partial charge in [-0.2, -0.15) is 13.2 Å². The van der Waals surface area contributed by atoms with Gasteiger partial charge in [-0.25, -0.2) is 9.37 Å². The second-order valence-electron chi connectivity index (χ2n) is 3.50. The first-order valence-electron chi connectivity index (χ1n) is 4.88. The highest BCUT2D eigenvalue weighted by molar-refractivity contribution is 6.33. The van der Waals surface area contributed by atoms with Gasteiger partial charge in [0.1, 0.15) is 11.5 Å². The molecule has 0 aliphatic carbocycles. The van der Waals surface area contributed by atoms with Gasteiger partial charge in [-0.15, -0.1) is 0 Å². The van der Waals surface area contributed by atoms with Crippen LogP contribution in [0.4, 0.5) is 17.6 Å². The van der Waals surface area contributed by atoms with E-state index in [4.69, 9.17) is 11.6 Å². The minimum atomic E-state index is -4.59. The number of hydrogen-bond donors (Lipinski definition) is 0. The number of benzene rings is 1. The molecule has 0 radical (unpaired) electrons. The van der Waals surface area contributed by atoms with Crippen molar-refractivity contribution in [2.75, 3.05) is 0 Å². The summed E-state index contributed by atoms with van der Waals surface area (Å²) in [6.45, 7) is 0. The molecular formula is C12H6ClF4N. The van der Waals surface area contributed by atoms with E-state index in [1.165, 1.54) is 18.2 Å². The molecule has 0 fully saturated rings. The largest absolute Gasteiger partial charge is 0.433 e. The number of halogens is 5. The van der Waals surface area contributed by atoms with Crippen LogP contribution in [0.3, 0.4) is 0 Å². The third-order valence-corrected chi connectivity index (χ3v) is 2.57. The predicted molar refractivity (Wildman–Crippen MR) is 59.6 cm³/mol.